The highest BCUT2D eigenvalue weighted by molar-refractivity contribution is 5.16. The van der Waals surface area contributed by atoms with E-state index in [0.29, 0.717) is 0 Å². The molecular formula is C20H35N. The average molecular weight is 290 g/mol. The smallest absolute Gasteiger partial charge is 0.00223 e. The number of rotatable bonds is 11. The van der Waals surface area contributed by atoms with Crippen LogP contribution in [0.15, 0.2) is 48.1 Å². The SMILES string of the molecule is C/C=C\C=C/C/C(=C\C=C/C)CCCC(C)CCN(C)C. The quantitative estimate of drug-likeness (QED) is 0.436. The molecule has 0 N–H and O–H groups in total. The maximum absolute atomic E-state index is 2.38. The van der Waals surface area contributed by atoms with E-state index in [2.05, 4.69) is 82.3 Å². The van der Waals surface area contributed by atoms with Gasteiger partial charge in [0.15, 0.2) is 0 Å². The van der Waals surface area contributed by atoms with Crippen molar-refractivity contribution in [3.8, 4) is 0 Å². The van der Waals surface area contributed by atoms with Crippen molar-refractivity contribution in [1.29, 1.82) is 0 Å². The molecule has 1 unspecified atom stereocenters. The molecule has 0 saturated carbocycles. The van der Waals surface area contributed by atoms with Gasteiger partial charge < -0.3 is 4.90 Å². The number of hydrogen-bond acceptors (Lipinski definition) is 1. The molecule has 0 aliphatic heterocycles. The van der Waals surface area contributed by atoms with Gasteiger partial charge in [-0.3, -0.25) is 0 Å². The molecule has 0 bridgehead atoms. The van der Waals surface area contributed by atoms with E-state index in [0.717, 1.165) is 12.3 Å². The Morgan fingerprint density at radius 2 is 1.71 bits per heavy atom. The Morgan fingerprint density at radius 3 is 2.33 bits per heavy atom. The molecule has 21 heavy (non-hydrogen) atoms. The van der Waals surface area contributed by atoms with E-state index >= 15 is 0 Å². The molecule has 0 saturated heterocycles. The minimum atomic E-state index is 0.828. The van der Waals surface area contributed by atoms with Crippen LogP contribution in [0.4, 0.5) is 0 Å². The van der Waals surface area contributed by atoms with Crippen LogP contribution in [-0.2, 0) is 0 Å². The summed E-state index contributed by atoms with van der Waals surface area (Å²) in [4.78, 5) is 2.28. The second-order valence-electron chi connectivity index (χ2n) is 6.10. The van der Waals surface area contributed by atoms with Crippen LogP contribution in [0, 0.1) is 5.92 Å². The first-order chi connectivity index (χ1) is 10.1. The predicted octanol–water partition coefficient (Wildman–Crippen LogP) is 5.77. The van der Waals surface area contributed by atoms with Crippen molar-refractivity contribution in [3.63, 3.8) is 0 Å². The maximum atomic E-state index is 2.38. The van der Waals surface area contributed by atoms with Crippen molar-refractivity contribution in [1.82, 2.24) is 4.90 Å². The molecule has 0 aromatic rings. The Balaban J connectivity index is 4.12. The van der Waals surface area contributed by atoms with Crippen LogP contribution in [0.3, 0.4) is 0 Å². The van der Waals surface area contributed by atoms with E-state index in [1.54, 1.807) is 0 Å². The Hall–Kier alpha value is -1.08. The average Bonchev–Trinajstić information content (AvgIpc) is 2.46. The van der Waals surface area contributed by atoms with Crippen LogP contribution in [0.25, 0.3) is 0 Å². The van der Waals surface area contributed by atoms with Gasteiger partial charge in [-0.1, -0.05) is 61.4 Å². The fourth-order valence-corrected chi connectivity index (χ4v) is 2.20. The summed E-state index contributed by atoms with van der Waals surface area (Å²) < 4.78 is 0. The topological polar surface area (TPSA) is 3.24 Å². The minimum absolute atomic E-state index is 0.828. The van der Waals surface area contributed by atoms with Gasteiger partial charge in [0.25, 0.3) is 0 Å². The molecule has 0 aliphatic rings. The summed E-state index contributed by atoms with van der Waals surface area (Å²) in [6.45, 7) is 7.71. The number of hydrogen-bond donors (Lipinski definition) is 0. The van der Waals surface area contributed by atoms with E-state index in [1.807, 2.05) is 0 Å². The second-order valence-corrected chi connectivity index (χ2v) is 6.10. The second kappa shape index (κ2) is 13.9. The summed E-state index contributed by atoms with van der Waals surface area (Å²) in [5.74, 6) is 0.828. The fraction of sp³-hybridized carbons (Fsp3) is 0.600. The zero-order valence-electron chi connectivity index (χ0n) is 14.8. The van der Waals surface area contributed by atoms with Crippen LogP contribution < -0.4 is 0 Å². The van der Waals surface area contributed by atoms with Crippen LogP contribution in [0.2, 0.25) is 0 Å². The monoisotopic (exact) mass is 289 g/mol. The van der Waals surface area contributed by atoms with Gasteiger partial charge >= 0.3 is 0 Å². The molecule has 120 valence electrons. The number of allylic oxidation sites excluding steroid dienone is 8. The first-order valence-corrected chi connectivity index (χ1v) is 8.33. The Labute approximate surface area is 133 Å². The zero-order chi connectivity index (χ0) is 15.9. The fourth-order valence-electron chi connectivity index (χ4n) is 2.20. The molecule has 0 fully saturated rings. The first kappa shape index (κ1) is 19.9. The van der Waals surface area contributed by atoms with E-state index in [9.17, 15) is 0 Å². The molecule has 0 spiro atoms. The summed E-state index contributed by atoms with van der Waals surface area (Å²) in [6.07, 6.45) is 21.3. The Morgan fingerprint density at radius 1 is 1.00 bits per heavy atom. The molecule has 0 aromatic carbocycles. The van der Waals surface area contributed by atoms with Crippen LogP contribution >= 0.6 is 0 Å². The minimum Gasteiger partial charge on any atom is -0.309 e. The van der Waals surface area contributed by atoms with E-state index in [-0.39, 0.29) is 0 Å². The predicted molar refractivity (Wildman–Crippen MR) is 97.7 cm³/mol. The summed E-state index contributed by atoms with van der Waals surface area (Å²) in [7, 11) is 4.31. The van der Waals surface area contributed by atoms with Gasteiger partial charge in [-0.2, -0.15) is 0 Å². The molecule has 0 aromatic heterocycles. The van der Waals surface area contributed by atoms with Crippen molar-refractivity contribution in [2.45, 2.75) is 52.9 Å². The molecule has 0 radical (unpaired) electrons. The van der Waals surface area contributed by atoms with Gasteiger partial charge in [0.1, 0.15) is 0 Å². The van der Waals surface area contributed by atoms with E-state index in [4.69, 9.17) is 0 Å². The van der Waals surface area contributed by atoms with Crippen LogP contribution in [-0.4, -0.2) is 25.5 Å². The molecule has 0 heterocycles. The van der Waals surface area contributed by atoms with Gasteiger partial charge in [0, 0.05) is 0 Å². The lowest BCUT2D eigenvalue weighted by Crippen LogP contribution is -2.15. The van der Waals surface area contributed by atoms with Crippen LogP contribution in [0.1, 0.15) is 52.9 Å². The van der Waals surface area contributed by atoms with Gasteiger partial charge in [-0.25, -0.2) is 0 Å². The third-order valence-electron chi connectivity index (χ3n) is 3.61. The van der Waals surface area contributed by atoms with E-state index < -0.39 is 0 Å². The maximum Gasteiger partial charge on any atom is -0.00223 e. The molecular weight excluding hydrogens is 254 g/mol. The lowest BCUT2D eigenvalue weighted by atomic mass is 9.97. The highest BCUT2D eigenvalue weighted by atomic mass is 15.0. The summed E-state index contributed by atoms with van der Waals surface area (Å²) in [5, 5.41) is 0. The number of nitrogens with zero attached hydrogens (tertiary/aromatic N) is 1. The molecule has 1 atom stereocenters. The first-order valence-electron chi connectivity index (χ1n) is 8.33. The van der Waals surface area contributed by atoms with Gasteiger partial charge in [0.05, 0.1) is 0 Å². The summed E-state index contributed by atoms with van der Waals surface area (Å²) >= 11 is 0. The summed E-state index contributed by atoms with van der Waals surface area (Å²) in [6, 6.07) is 0. The molecule has 0 aliphatic carbocycles. The normalized spacial score (nSPS) is 15.0. The van der Waals surface area contributed by atoms with Crippen molar-refractivity contribution in [2.24, 2.45) is 5.92 Å². The van der Waals surface area contributed by atoms with Gasteiger partial charge in [-0.05, 0) is 66.1 Å². The standard InChI is InChI=1S/C20H35N/c1-6-8-10-11-15-20(14-9-7-2)16-12-13-19(3)17-18-21(4)5/h6-11,14,19H,12-13,15-18H2,1-5H3/b8-6-,9-7-,11-10-,20-14+. The summed E-state index contributed by atoms with van der Waals surface area (Å²) in [5.41, 5.74) is 1.54. The van der Waals surface area contributed by atoms with Crippen molar-refractivity contribution < 1.29 is 0 Å². The zero-order valence-corrected chi connectivity index (χ0v) is 14.8. The Kier molecular flexibility index (Phi) is 13.2. The third-order valence-corrected chi connectivity index (χ3v) is 3.61. The molecule has 0 amide bonds. The largest absolute Gasteiger partial charge is 0.309 e. The molecule has 1 nitrogen and oxygen atoms in total. The van der Waals surface area contributed by atoms with Gasteiger partial charge in [0.2, 0.25) is 0 Å². The van der Waals surface area contributed by atoms with Crippen molar-refractivity contribution in [3.05, 3.63) is 48.1 Å². The highest BCUT2D eigenvalue weighted by Gasteiger charge is 2.03. The molecule has 0 rings (SSSR count). The van der Waals surface area contributed by atoms with E-state index in [1.165, 1.54) is 37.8 Å². The van der Waals surface area contributed by atoms with Crippen molar-refractivity contribution >= 4 is 0 Å². The lowest BCUT2D eigenvalue weighted by Gasteiger charge is -2.15. The third kappa shape index (κ3) is 13.7. The van der Waals surface area contributed by atoms with Crippen LogP contribution in [0.5, 0.6) is 0 Å². The Bertz CT molecular complexity index is 345. The van der Waals surface area contributed by atoms with Gasteiger partial charge in [-0.15, -0.1) is 0 Å². The highest BCUT2D eigenvalue weighted by Crippen LogP contribution is 2.18. The van der Waals surface area contributed by atoms with Crippen molar-refractivity contribution in [2.75, 3.05) is 20.6 Å². The lowest BCUT2D eigenvalue weighted by molar-refractivity contribution is 0.348. The molecule has 1 heteroatoms.